The lowest BCUT2D eigenvalue weighted by atomic mass is 10.1. The minimum absolute atomic E-state index is 0.122. The molecule has 128 valence electrons. The van der Waals surface area contributed by atoms with Gasteiger partial charge in [0.15, 0.2) is 0 Å². The Morgan fingerprint density at radius 2 is 1.64 bits per heavy atom. The van der Waals surface area contributed by atoms with Gasteiger partial charge in [-0.05, 0) is 24.1 Å². The minimum Gasteiger partial charge on any atom is -0.365 e. The van der Waals surface area contributed by atoms with E-state index in [9.17, 15) is 4.79 Å². The highest BCUT2D eigenvalue weighted by Crippen LogP contribution is 2.19. The highest BCUT2D eigenvalue weighted by molar-refractivity contribution is 5.82. The largest absolute Gasteiger partial charge is 0.365 e. The average Bonchev–Trinajstić information content (AvgIpc) is 2.68. The molecule has 0 radical (unpaired) electrons. The first kappa shape index (κ1) is 15.9. The molecule has 3 aromatic rings. The summed E-state index contributed by atoms with van der Waals surface area (Å²) in [6.07, 6.45) is 0.857. The molecule has 1 aromatic heterocycles. The maximum atomic E-state index is 13.2. The van der Waals surface area contributed by atoms with Crippen molar-refractivity contribution < 1.29 is 0 Å². The number of aryl methyl sites for hydroxylation is 2. The van der Waals surface area contributed by atoms with E-state index in [4.69, 9.17) is 0 Å². The molecule has 0 amide bonds. The lowest BCUT2D eigenvalue weighted by Gasteiger charge is -2.29. The number of hydrogen-bond donors (Lipinski definition) is 1. The van der Waals surface area contributed by atoms with Crippen molar-refractivity contribution >= 4 is 16.6 Å². The van der Waals surface area contributed by atoms with Crippen LogP contribution in [0.2, 0.25) is 0 Å². The number of benzene rings is 2. The van der Waals surface area contributed by atoms with Gasteiger partial charge >= 0.3 is 0 Å². The van der Waals surface area contributed by atoms with Crippen LogP contribution >= 0.6 is 0 Å². The third-order valence-electron chi connectivity index (χ3n) is 4.91. The molecular formula is C21H23N3O. The maximum Gasteiger partial charge on any atom is 0.274 e. The molecule has 1 fully saturated rings. The quantitative estimate of drug-likeness (QED) is 0.798. The second kappa shape index (κ2) is 7.11. The lowest BCUT2D eigenvalue weighted by molar-refractivity contribution is 0.584. The Morgan fingerprint density at radius 3 is 2.44 bits per heavy atom. The van der Waals surface area contributed by atoms with Crippen molar-refractivity contribution in [2.75, 3.05) is 31.1 Å². The van der Waals surface area contributed by atoms with E-state index in [2.05, 4.69) is 34.5 Å². The Balaban J connectivity index is 1.75. The van der Waals surface area contributed by atoms with E-state index in [1.54, 1.807) is 0 Å². The van der Waals surface area contributed by atoms with Gasteiger partial charge in [-0.2, -0.15) is 0 Å². The van der Waals surface area contributed by atoms with Gasteiger partial charge in [-0.3, -0.25) is 4.79 Å². The molecule has 4 heteroatoms. The molecule has 0 saturated carbocycles. The van der Waals surface area contributed by atoms with Gasteiger partial charge in [-0.25, -0.2) is 0 Å². The van der Waals surface area contributed by atoms with E-state index in [1.165, 1.54) is 5.56 Å². The monoisotopic (exact) mass is 333 g/mol. The summed E-state index contributed by atoms with van der Waals surface area (Å²) < 4.78 is 1.94. The topological polar surface area (TPSA) is 37.3 Å². The first-order chi connectivity index (χ1) is 12.3. The number of nitrogens with zero attached hydrogens (tertiary/aromatic N) is 2. The van der Waals surface area contributed by atoms with E-state index in [0.717, 1.165) is 49.2 Å². The third kappa shape index (κ3) is 3.30. The third-order valence-corrected chi connectivity index (χ3v) is 4.91. The molecule has 4 nitrogen and oxygen atoms in total. The van der Waals surface area contributed by atoms with Crippen molar-refractivity contribution in [2.24, 2.45) is 0 Å². The van der Waals surface area contributed by atoms with Gasteiger partial charge in [0.25, 0.3) is 5.56 Å². The summed E-state index contributed by atoms with van der Waals surface area (Å²) in [6.45, 7) is 4.31. The second-order valence-corrected chi connectivity index (χ2v) is 6.52. The van der Waals surface area contributed by atoms with E-state index >= 15 is 0 Å². The molecule has 2 aromatic carbocycles. The number of fused-ring (bicyclic) bond motifs is 1. The Hall–Kier alpha value is -2.59. The van der Waals surface area contributed by atoms with Crippen molar-refractivity contribution in [1.29, 1.82) is 0 Å². The average molecular weight is 333 g/mol. The van der Waals surface area contributed by atoms with Gasteiger partial charge < -0.3 is 14.8 Å². The Bertz CT molecular complexity index is 911. The van der Waals surface area contributed by atoms with Crippen LogP contribution in [0.25, 0.3) is 10.9 Å². The van der Waals surface area contributed by atoms with Crippen molar-refractivity contribution in [2.45, 2.75) is 13.0 Å². The molecule has 4 rings (SSSR count). The summed E-state index contributed by atoms with van der Waals surface area (Å²) in [5.74, 6) is 0. The van der Waals surface area contributed by atoms with Crippen molar-refractivity contribution in [3.8, 4) is 0 Å². The molecule has 1 aliphatic rings. The van der Waals surface area contributed by atoms with E-state index in [0.29, 0.717) is 6.54 Å². The number of para-hydroxylation sites is 1. The van der Waals surface area contributed by atoms with Gasteiger partial charge in [-0.1, -0.05) is 48.5 Å². The lowest BCUT2D eigenvalue weighted by Crippen LogP contribution is -2.46. The number of rotatable bonds is 4. The molecule has 0 aliphatic carbocycles. The van der Waals surface area contributed by atoms with Gasteiger partial charge in [0.1, 0.15) is 5.69 Å². The van der Waals surface area contributed by atoms with Crippen LogP contribution < -0.4 is 15.8 Å². The van der Waals surface area contributed by atoms with Crippen LogP contribution in [0.4, 0.5) is 5.69 Å². The van der Waals surface area contributed by atoms with Crippen LogP contribution in [0.5, 0.6) is 0 Å². The number of pyridine rings is 1. The number of anilines is 1. The Morgan fingerprint density at radius 1 is 0.920 bits per heavy atom. The fourth-order valence-corrected chi connectivity index (χ4v) is 3.55. The van der Waals surface area contributed by atoms with Gasteiger partial charge in [0.05, 0.1) is 5.52 Å². The zero-order valence-electron chi connectivity index (χ0n) is 14.3. The van der Waals surface area contributed by atoms with Crippen LogP contribution in [-0.4, -0.2) is 30.7 Å². The molecule has 1 saturated heterocycles. The molecule has 1 N–H and O–H groups in total. The maximum absolute atomic E-state index is 13.2. The van der Waals surface area contributed by atoms with Crippen molar-refractivity contribution in [3.63, 3.8) is 0 Å². The Kier molecular flexibility index (Phi) is 4.53. The van der Waals surface area contributed by atoms with Crippen molar-refractivity contribution in [3.05, 3.63) is 76.6 Å². The van der Waals surface area contributed by atoms with E-state index in [1.807, 2.05) is 41.0 Å². The zero-order valence-corrected chi connectivity index (χ0v) is 14.3. The van der Waals surface area contributed by atoms with Crippen LogP contribution in [0, 0.1) is 0 Å². The predicted molar refractivity (Wildman–Crippen MR) is 103 cm³/mol. The molecular weight excluding hydrogens is 310 g/mol. The summed E-state index contributed by atoms with van der Waals surface area (Å²) in [5.41, 5.74) is 3.22. The second-order valence-electron chi connectivity index (χ2n) is 6.52. The van der Waals surface area contributed by atoms with E-state index < -0.39 is 0 Å². The van der Waals surface area contributed by atoms with Crippen LogP contribution in [0.1, 0.15) is 5.56 Å². The summed E-state index contributed by atoms with van der Waals surface area (Å²) >= 11 is 0. The standard InChI is InChI=1S/C21H23N3O/c25-21-20(23-14-11-22-12-15-23)16-18-8-4-5-9-19(18)24(21)13-10-17-6-2-1-3-7-17/h1-9,16,22H,10-15H2. The van der Waals surface area contributed by atoms with Crippen LogP contribution in [-0.2, 0) is 13.0 Å². The van der Waals surface area contributed by atoms with Crippen molar-refractivity contribution in [1.82, 2.24) is 9.88 Å². The van der Waals surface area contributed by atoms with Gasteiger partial charge in [0.2, 0.25) is 0 Å². The van der Waals surface area contributed by atoms with Gasteiger partial charge in [-0.15, -0.1) is 0 Å². The fourth-order valence-electron chi connectivity index (χ4n) is 3.55. The molecule has 25 heavy (non-hydrogen) atoms. The van der Waals surface area contributed by atoms with E-state index in [-0.39, 0.29) is 5.56 Å². The number of piperazine rings is 1. The molecule has 2 heterocycles. The summed E-state index contributed by atoms with van der Waals surface area (Å²) in [4.78, 5) is 15.4. The smallest absolute Gasteiger partial charge is 0.274 e. The normalized spacial score (nSPS) is 14.8. The first-order valence-electron chi connectivity index (χ1n) is 8.95. The number of nitrogens with one attached hydrogen (secondary N) is 1. The summed E-state index contributed by atoms with van der Waals surface area (Å²) in [6, 6.07) is 20.6. The summed E-state index contributed by atoms with van der Waals surface area (Å²) in [7, 11) is 0. The highest BCUT2D eigenvalue weighted by Gasteiger charge is 2.17. The SMILES string of the molecule is O=c1c(N2CCNCC2)cc2ccccc2n1CCc1ccccc1. The van der Waals surface area contributed by atoms with Crippen LogP contribution in [0.15, 0.2) is 65.5 Å². The number of hydrogen-bond acceptors (Lipinski definition) is 3. The summed E-state index contributed by atoms with van der Waals surface area (Å²) in [5, 5.41) is 4.48. The molecule has 1 aliphatic heterocycles. The zero-order chi connectivity index (χ0) is 17.1. The highest BCUT2D eigenvalue weighted by atomic mass is 16.1. The number of aromatic nitrogens is 1. The minimum atomic E-state index is 0.122. The first-order valence-corrected chi connectivity index (χ1v) is 8.95. The Labute approximate surface area is 147 Å². The van der Waals surface area contributed by atoms with Crippen LogP contribution in [0.3, 0.4) is 0 Å². The molecule has 0 spiro atoms. The molecule has 0 atom stereocenters. The predicted octanol–water partition coefficient (Wildman–Crippen LogP) is 2.65. The molecule has 0 unspecified atom stereocenters. The fraction of sp³-hybridized carbons (Fsp3) is 0.286. The van der Waals surface area contributed by atoms with Gasteiger partial charge in [0, 0.05) is 38.1 Å². The molecule has 0 bridgehead atoms.